The summed E-state index contributed by atoms with van der Waals surface area (Å²) in [6, 6.07) is 6.21. The number of benzene rings is 2. The molecule has 0 aromatic heterocycles. The predicted octanol–water partition coefficient (Wildman–Crippen LogP) is 4.25. The average Bonchev–Trinajstić information content (AvgIpc) is 2.91. The van der Waals surface area contributed by atoms with Crippen molar-refractivity contribution in [1.82, 2.24) is 0 Å². The average molecular weight is 443 g/mol. The van der Waals surface area contributed by atoms with E-state index in [0.29, 0.717) is 0 Å². The lowest BCUT2D eigenvalue weighted by molar-refractivity contribution is -0.0976. The summed E-state index contributed by atoms with van der Waals surface area (Å²) >= 11 is 0. The monoisotopic (exact) mass is 443 g/mol. The second kappa shape index (κ2) is 7.55. The fourth-order valence-electron chi connectivity index (χ4n) is 3.06. The van der Waals surface area contributed by atoms with Gasteiger partial charge in [0.15, 0.2) is 9.73 Å². The van der Waals surface area contributed by atoms with Crippen LogP contribution in [0.4, 0.5) is 22.0 Å². The number of hydrogen-bond acceptors (Lipinski definition) is 6. The van der Waals surface area contributed by atoms with Crippen molar-refractivity contribution in [3.05, 3.63) is 52.8 Å². The quantitative estimate of drug-likeness (QED) is 0.562. The number of ether oxygens (including phenoxy) is 1. The van der Waals surface area contributed by atoms with Gasteiger partial charge in [0, 0.05) is 23.6 Å². The molecule has 6 nitrogen and oxygen atoms in total. The van der Waals surface area contributed by atoms with Crippen LogP contribution in [0.5, 0.6) is 11.5 Å². The zero-order chi connectivity index (χ0) is 22.3. The molecule has 1 aliphatic rings. The number of aliphatic hydroxyl groups excluding tert-OH is 1. The third-order valence-corrected chi connectivity index (χ3v) is 6.14. The molecule has 30 heavy (non-hydrogen) atoms. The lowest BCUT2D eigenvalue weighted by Crippen LogP contribution is -2.23. The molecule has 2 aromatic carbocycles. The molecule has 0 bridgehead atoms. The molecule has 0 saturated carbocycles. The first-order valence-corrected chi connectivity index (χ1v) is 9.64. The van der Waals surface area contributed by atoms with E-state index in [-0.39, 0.29) is 17.1 Å². The summed E-state index contributed by atoms with van der Waals surface area (Å²) in [5.74, 6) is -8.96. The third-order valence-electron chi connectivity index (χ3n) is 4.32. The number of fused-ring (bicyclic) bond motifs is 1. The van der Waals surface area contributed by atoms with Gasteiger partial charge in [0.1, 0.15) is 23.4 Å². The van der Waals surface area contributed by atoms with Crippen LogP contribution in [0, 0.1) is 28.6 Å². The topological polar surface area (TPSA) is 106 Å². The lowest BCUT2D eigenvalue weighted by atomic mass is 10.1. The van der Waals surface area contributed by atoms with E-state index < -0.39 is 55.8 Å². The minimum Gasteiger partial charge on any atom is -0.457 e. The number of nitrogens with zero attached hydrogens (tertiary/aromatic N) is 3. The Morgan fingerprint density at radius 1 is 1.27 bits per heavy atom. The summed E-state index contributed by atoms with van der Waals surface area (Å²) in [4.78, 5) is -0.914. The molecule has 0 spiro atoms. The Morgan fingerprint density at radius 3 is 2.57 bits per heavy atom. The molecule has 0 amide bonds. The maximum atomic E-state index is 14.2. The molecule has 2 atom stereocenters. The lowest BCUT2D eigenvalue weighted by Gasteiger charge is -2.18. The highest BCUT2D eigenvalue weighted by molar-refractivity contribution is 7.94. The molecule has 1 N–H and O–H groups in total. The molecule has 0 aliphatic heterocycles. The van der Waals surface area contributed by atoms with E-state index in [9.17, 15) is 31.3 Å². The van der Waals surface area contributed by atoms with Gasteiger partial charge in [0.05, 0.1) is 16.5 Å². The summed E-state index contributed by atoms with van der Waals surface area (Å²) in [6.07, 6.45) is -2.78. The van der Waals surface area contributed by atoms with Gasteiger partial charge >= 0.3 is 5.76 Å². The maximum Gasteiger partial charge on any atom is 0.324 e. The molecule has 2 aromatic rings. The van der Waals surface area contributed by atoms with Crippen molar-refractivity contribution in [2.24, 2.45) is 4.36 Å². The van der Waals surface area contributed by atoms with Crippen molar-refractivity contribution in [3.8, 4) is 23.8 Å². The molecule has 12 heteroatoms. The predicted molar refractivity (Wildman–Crippen MR) is 91.7 cm³/mol. The molecular weight excluding hydrogens is 433 g/mol. The molecule has 156 valence electrons. The Kier molecular flexibility index (Phi) is 5.41. The van der Waals surface area contributed by atoms with E-state index in [1.807, 2.05) is 0 Å². The number of alkyl halides is 4. The smallest absolute Gasteiger partial charge is 0.324 e. The first-order valence-electron chi connectivity index (χ1n) is 8.06. The Hall–Kier alpha value is -3.22. The molecule has 0 radical (unpaired) electrons. The minimum absolute atomic E-state index is 0.128. The van der Waals surface area contributed by atoms with Crippen LogP contribution in [0.3, 0.4) is 0 Å². The highest BCUT2D eigenvalue weighted by Gasteiger charge is 2.51. The van der Waals surface area contributed by atoms with Gasteiger partial charge in [-0.1, -0.05) is 0 Å². The van der Waals surface area contributed by atoms with Gasteiger partial charge in [-0.05, 0) is 24.3 Å². The van der Waals surface area contributed by atoms with E-state index >= 15 is 0 Å². The largest absolute Gasteiger partial charge is 0.457 e. The van der Waals surface area contributed by atoms with Crippen molar-refractivity contribution in [2.75, 3.05) is 0 Å². The van der Waals surface area contributed by atoms with Crippen LogP contribution in [0.2, 0.25) is 0 Å². The zero-order valence-electron chi connectivity index (χ0n) is 14.7. The van der Waals surface area contributed by atoms with E-state index in [1.165, 1.54) is 0 Å². The maximum absolute atomic E-state index is 14.2. The van der Waals surface area contributed by atoms with E-state index in [1.54, 1.807) is 6.07 Å². The molecular formula is C18H10F5N3O3S. The van der Waals surface area contributed by atoms with E-state index in [0.717, 1.165) is 36.5 Å². The van der Waals surface area contributed by atoms with Gasteiger partial charge in [-0.15, -0.1) is 4.36 Å². The summed E-state index contributed by atoms with van der Waals surface area (Å²) in [6.45, 7) is 0. The molecule has 0 saturated heterocycles. The van der Waals surface area contributed by atoms with Crippen LogP contribution in [0.25, 0.3) is 0 Å². The van der Waals surface area contributed by atoms with Crippen LogP contribution in [0.15, 0.2) is 39.6 Å². The number of hydrogen-bond donors (Lipinski definition) is 1. The molecule has 1 aliphatic carbocycles. The van der Waals surface area contributed by atoms with E-state index in [2.05, 4.69) is 4.36 Å². The van der Waals surface area contributed by atoms with Gasteiger partial charge in [-0.2, -0.15) is 19.3 Å². The van der Waals surface area contributed by atoms with E-state index in [4.69, 9.17) is 15.3 Å². The van der Waals surface area contributed by atoms with Crippen molar-refractivity contribution >= 4 is 9.73 Å². The number of halogens is 5. The Labute approximate surface area is 166 Å². The zero-order valence-corrected chi connectivity index (χ0v) is 15.5. The summed E-state index contributed by atoms with van der Waals surface area (Å²) in [5, 5.41) is 27.5. The van der Waals surface area contributed by atoms with Crippen LogP contribution >= 0.6 is 0 Å². The van der Waals surface area contributed by atoms with Crippen LogP contribution in [-0.2, 0) is 16.1 Å². The van der Waals surface area contributed by atoms with Crippen molar-refractivity contribution in [2.45, 2.75) is 29.1 Å². The SMILES string of the molecule is N#CN=S(=O)(c1ccc(Oc2cc(F)cc(C#N)c2)c2c1C(O)C(F)(F)C2)C(F)F. The van der Waals surface area contributed by atoms with Crippen molar-refractivity contribution in [1.29, 1.82) is 10.5 Å². The summed E-state index contributed by atoms with van der Waals surface area (Å²) in [5.41, 5.74) is -1.37. The summed E-state index contributed by atoms with van der Waals surface area (Å²) < 4.78 is 89.6. The fraction of sp³-hybridized carbons (Fsp3) is 0.222. The van der Waals surface area contributed by atoms with Gasteiger partial charge in [0.25, 0.3) is 5.92 Å². The number of nitriles is 2. The van der Waals surface area contributed by atoms with Crippen LogP contribution in [0.1, 0.15) is 22.8 Å². The molecule has 0 heterocycles. The first-order chi connectivity index (χ1) is 14.0. The van der Waals surface area contributed by atoms with Crippen LogP contribution in [-0.4, -0.2) is 21.0 Å². The molecule has 2 unspecified atom stereocenters. The minimum atomic E-state index is -4.77. The van der Waals surface area contributed by atoms with Gasteiger partial charge < -0.3 is 9.84 Å². The first kappa shape index (κ1) is 21.5. The second-order valence-electron chi connectivity index (χ2n) is 6.20. The Balaban J connectivity index is 2.23. The van der Waals surface area contributed by atoms with Crippen molar-refractivity contribution in [3.63, 3.8) is 0 Å². The third kappa shape index (κ3) is 3.56. The Morgan fingerprint density at radius 2 is 1.97 bits per heavy atom. The van der Waals surface area contributed by atoms with Gasteiger partial charge in [-0.25, -0.2) is 17.4 Å². The number of rotatable bonds is 4. The van der Waals surface area contributed by atoms with Gasteiger partial charge in [-0.3, -0.25) is 0 Å². The molecule has 0 fully saturated rings. The van der Waals surface area contributed by atoms with Gasteiger partial charge in [0.2, 0.25) is 6.19 Å². The normalized spacial score (nSPS) is 18.8. The van der Waals surface area contributed by atoms with Crippen LogP contribution < -0.4 is 4.74 Å². The fourth-order valence-corrected chi connectivity index (χ4v) is 4.36. The second-order valence-corrected chi connectivity index (χ2v) is 8.32. The van der Waals surface area contributed by atoms with Crippen molar-refractivity contribution < 1.29 is 36.0 Å². The Bertz CT molecular complexity index is 1230. The summed E-state index contributed by atoms with van der Waals surface area (Å²) in [7, 11) is -4.77. The standard InChI is InChI=1S/C18H10F5N3O3S/c19-10-3-9(7-24)4-11(5-10)29-13-1-2-14(30(28,17(20)21)26-8-25)15-12(13)6-18(22,23)16(15)27/h1-5,16-17,27H,6H2. The number of aliphatic hydroxyl groups is 1. The highest BCUT2D eigenvalue weighted by atomic mass is 32.2. The molecule has 3 rings (SSSR count). The highest BCUT2D eigenvalue weighted by Crippen LogP contribution is 2.50.